The van der Waals surface area contributed by atoms with Gasteiger partial charge < -0.3 is 4.90 Å². The molecule has 0 radical (unpaired) electrons. The third-order valence-electron chi connectivity index (χ3n) is 3.67. The maximum atomic E-state index is 12.6. The molecule has 1 aromatic heterocycles. The average molecular weight is 371 g/mol. The molecule has 2 heterocycles. The molecule has 0 saturated heterocycles. The summed E-state index contributed by atoms with van der Waals surface area (Å²) in [5, 5.41) is 0. The zero-order chi connectivity index (χ0) is 16.6. The van der Waals surface area contributed by atoms with Crippen molar-refractivity contribution in [1.82, 2.24) is 4.72 Å². The number of carbonyl (C=O) groups excluding carboxylic acids is 1. The molecule has 0 fully saturated rings. The van der Waals surface area contributed by atoms with Crippen LogP contribution in [0.3, 0.4) is 0 Å². The van der Waals surface area contributed by atoms with Crippen molar-refractivity contribution in [1.29, 1.82) is 0 Å². The van der Waals surface area contributed by atoms with Crippen molar-refractivity contribution in [2.75, 3.05) is 11.4 Å². The van der Waals surface area contributed by atoms with Crippen LogP contribution in [0.15, 0.2) is 40.6 Å². The van der Waals surface area contributed by atoms with Gasteiger partial charge in [-0.3, -0.25) is 4.79 Å². The van der Waals surface area contributed by atoms with Crippen molar-refractivity contribution < 1.29 is 13.2 Å². The molecule has 1 aliphatic heterocycles. The lowest BCUT2D eigenvalue weighted by molar-refractivity contribution is -0.119. The van der Waals surface area contributed by atoms with Crippen LogP contribution in [0.1, 0.15) is 12.5 Å². The second kappa shape index (κ2) is 6.24. The number of para-hydroxylation sites is 1. The van der Waals surface area contributed by atoms with Gasteiger partial charge in [0.05, 0.1) is 10.4 Å². The Bertz CT molecular complexity index is 848. The zero-order valence-electron chi connectivity index (χ0n) is 12.3. The number of sulfonamides is 1. The van der Waals surface area contributed by atoms with Crippen LogP contribution in [0.4, 0.5) is 5.69 Å². The number of nitrogens with one attached hydrogen (secondary N) is 1. The normalized spacial score (nSPS) is 15.5. The highest BCUT2D eigenvalue weighted by atomic mass is 35.5. The van der Waals surface area contributed by atoms with E-state index in [1.54, 1.807) is 11.8 Å². The fraction of sp³-hybridized carbons (Fsp3) is 0.267. The van der Waals surface area contributed by atoms with Crippen molar-refractivity contribution >= 4 is 44.6 Å². The zero-order valence-corrected chi connectivity index (χ0v) is 14.7. The Morgan fingerprint density at radius 3 is 2.74 bits per heavy atom. The van der Waals surface area contributed by atoms with E-state index in [0.29, 0.717) is 10.9 Å². The van der Waals surface area contributed by atoms with E-state index in [9.17, 15) is 13.2 Å². The smallest absolute Gasteiger partial charge is 0.250 e. The van der Waals surface area contributed by atoms with Crippen LogP contribution < -0.4 is 9.62 Å². The van der Waals surface area contributed by atoms with E-state index in [4.69, 9.17) is 11.6 Å². The number of rotatable bonds is 4. The number of hydrogen-bond donors (Lipinski definition) is 1. The summed E-state index contributed by atoms with van der Waals surface area (Å²) in [6.07, 6.45) is 0.780. The molecule has 1 N–H and O–H groups in total. The first kappa shape index (κ1) is 16.4. The SMILES string of the molecule is C[C@H](NS(=O)(=O)c1ccc(Cl)s1)C(=O)N1CCc2ccccc21. The van der Waals surface area contributed by atoms with E-state index >= 15 is 0 Å². The predicted octanol–water partition coefficient (Wildman–Crippen LogP) is 2.66. The molecule has 5 nitrogen and oxygen atoms in total. The number of carbonyl (C=O) groups is 1. The van der Waals surface area contributed by atoms with Gasteiger partial charge in [0.15, 0.2) is 0 Å². The van der Waals surface area contributed by atoms with Crippen LogP contribution in [0, 0.1) is 0 Å². The Balaban J connectivity index is 1.76. The van der Waals surface area contributed by atoms with Gasteiger partial charge in [-0.15, -0.1) is 11.3 Å². The molecule has 0 unspecified atom stereocenters. The van der Waals surface area contributed by atoms with Gasteiger partial charge in [0.2, 0.25) is 5.91 Å². The number of hydrogen-bond acceptors (Lipinski definition) is 4. The maximum absolute atomic E-state index is 12.6. The molecule has 1 aliphatic rings. The van der Waals surface area contributed by atoms with Gasteiger partial charge in [0, 0.05) is 12.2 Å². The largest absolute Gasteiger partial charge is 0.310 e. The second-order valence-corrected chi connectivity index (χ2v) is 8.93. The molecule has 0 saturated carbocycles. The summed E-state index contributed by atoms with van der Waals surface area (Å²) in [5.74, 6) is -0.263. The molecular formula is C15H15ClN2O3S2. The maximum Gasteiger partial charge on any atom is 0.250 e. The van der Waals surface area contributed by atoms with Gasteiger partial charge >= 0.3 is 0 Å². The Kier molecular flexibility index (Phi) is 4.46. The number of thiophene rings is 1. The minimum absolute atomic E-state index is 0.101. The molecule has 0 aliphatic carbocycles. The molecule has 0 bridgehead atoms. The fourth-order valence-corrected chi connectivity index (χ4v) is 5.28. The van der Waals surface area contributed by atoms with Crippen LogP contribution in [0.25, 0.3) is 0 Å². The van der Waals surface area contributed by atoms with E-state index in [-0.39, 0.29) is 10.1 Å². The second-order valence-electron chi connectivity index (χ2n) is 5.27. The molecule has 8 heteroatoms. The van der Waals surface area contributed by atoms with Gasteiger partial charge in [0.1, 0.15) is 4.21 Å². The number of amides is 1. The first-order chi connectivity index (χ1) is 10.9. The van der Waals surface area contributed by atoms with E-state index in [2.05, 4.69) is 4.72 Å². The minimum Gasteiger partial charge on any atom is -0.310 e. The Morgan fingerprint density at radius 2 is 2.04 bits per heavy atom. The highest BCUT2D eigenvalue weighted by Crippen LogP contribution is 2.29. The fourth-order valence-electron chi connectivity index (χ4n) is 2.58. The standard InChI is InChI=1S/C15H15ClN2O3S2/c1-10(17-23(20,21)14-7-6-13(16)22-14)15(19)18-9-8-11-4-2-3-5-12(11)18/h2-7,10,17H,8-9H2,1H3/t10-/m0/s1. The van der Waals surface area contributed by atoms with Crippen LogP contribution >= 0.6 is 22.9 Å². The first-order valence-corrected chi connectivity index (χ1v) is 9.73. The van der Waals surface area contributed by atoms with Crippen LogP contribution in [0.5, 0.6) is 0 Å². The number of nitrogens with zero attached hydrogens (tertiary/aromatic N) is 1. The van der Waals surface area contributed by atoms with E-state index in [1.807, 2.05) is 24.3 Å². The predicted molar refractivity (Wildman–Crippen MR) is 91.6 cm³/mol. The van der Waals surface area contributed by atoms with Gasteiger partial charge in [-0.1, -0.05) is 29.8 Å². The van der Waals surface area contributed by atoms with Crippen molar-refractivity contribution in [3.8, 4) is 0 Å². The summed E-state index contributed by atoms with van der Waals surface area (Å²) >= 11 is 6.74. The monoisotopic (exact) mass is 370 g/mol. The van der Waals surface area contributed by atoms with Crippen LogP contribution in [-0.2, 0) is 21.2 Å². The van der Waals surface area contributed by atoms with Crippen LogP contribution in [0.2, 0.25) is 4.34 Å². The summed E-state index contributed by atoms with van der Waals surface area (Å²) in [6, 6.07) is 9.74. The minimum atomic E-state index is -3.75. The Hall–Kier alpha value is -1.41. The highest BCUT2D eigenvalue weighted by molar-refractivity contribution is 7.91. The van der Waals surface area contributed by atoms with Gasteiger partial charge in [0.25, 0.3) is 10.0 Å². The van der Waals surface area contributed by atoms with E-state index in [0.717, 1.165) is 29.0 Å². The molecule has 23 heavy (non-hydrogen) atoms. The van der Waals surface area contributed by atoms with Crippen LogP contribution in [-0.4, -0.2) is 26.9 Å². The molecule has 0 spiro atoms. The summed E-state index contributed by atoms with van der Waals surface area (Å²) in [5.41, 5.74) is 1.95. The highest BCUT2D eigenvalue weighted by Gasteiger charge is 2.30. The Labute approximate surface area is 143 Å². The lowest BCUT2D eigenvalue weighted by Crippen LogP contribution is -2.46. The summed E-state index contributed by atoms with van der Waals surface area (Å²) in [4.78, 5) is 14.2. The molecule has 122 valence electrons. The molecule has 1 amide bonds. The number of halogens is 1. The van der Waals surface area contributed by atoms with E-state index in [1.165, 1.54) is 12.1 Å². The molecule has 3 rings (SSSR count). The van der Waals surface area contributed by atoms with Crippen molar-refractivity contribution in [3.63, 3.8) is 0 Å². The van der Waals surface area contributed by atoms with E-state index < -0.39 is 16.1 Å². The quantitative estimate of drug-likeness (QED) is 0.899. The molecule has 1 atom stereocenters. The molecule has 2 aromatic rings. The lowest BCUT2D eigenvalue weighted by atomic mass is 10.2. The molecule has 1 aromatic carbocycles. The lowest BCUT2D eigenvalue weighted by Gasteiger charge is -2.22. The third-order valence-corrected chi connectivity index (χ3v) is 6.93. The van der Waals surface area contributed by atoms with Crippen molar-refractivity contribution in [3.05, 3.63) is 46.3 Å². The van der Waals surface area contributed by atoms with Crippen molar-refractivity contribution in [2.45, 2.75) is 23.6 Å². The first-order valence-electron chi connectivity index (χ1n) is 7.05. The average Bonchev–Trinajstić information content (AvgIpc) is 3.12. The summed E-state index contributed by atoms with van der Waals surface area (Å²) in [6.45, 7) is 2.12. The summed E-state index contributed by atoms with van der Waals surface area (Å²) < 4.78 is 27.5. The number of fused-ring (bicyclic) bond motifs is 1. The summed E-state index contributed by atoms with van der Waals surface area (Å²) in [7, 11) is -3.75. The third kappa shape index (κ3) is 3.28. The topological polar surface area (TPSA) is 66.5 Å². The number of anilines is 1. The Morgan fingerprint density at radius 1 is 1.30 bits per heavy atom. The number of benzene rings is 1. The van der Waals surface area contributed by atoms with Crippen molar-refractivity contribution in [2.24, 2.45) is 0 Å². The van der Waals surface area contributed by atoms with Gasteiger partial charge in [-0.2, -0.15) is 4.72 Å². The van der Waals surface area contributed by atoms with Gasteiger partial charge in [-0.05, 0) is 37.1 Å². The van der Waals surface area contributed by atoms with Gasteiger partial charge in [-0.25, -0.2) is 8.42 Å². The molecular weight excluding hydrogens is 356 g/mol.